The van der Waals surface area contributed by atoms with Crippen molar-refractivity contribution in [3.8, 4) is 17.2 Å². The van der Waals surface area contributed by atoms with Gasteiger partial charge in [0.25, 0.3) is 5.91 Å². The fraction of sp³-hybridized carbons (Fsp3) is 0.286. The minimum Gasteiger partial charge on any atom is -0.480 e. The van der Waals surface area contributed by atoms with Crippen LogP contribution in [0.1, 0.15) is 17.3 Å². The fourth-order valence-corrected chi connectivity index (χ4v) is 1.69. The van der Waals surface area contributed by atoms with Gasteiger partial charge < -0.3 is 19.5 Å². The van der Waals surface area contributed by atoms with Gasteiger partial charge in [-0.2, -0.15) is 0 Å². The molecule has 0 aromatic heterocycles. The summed E-state index contributed by atoms with van der Waals surface area (Å²) in [6, 6.07) is 3.07. The van der Waals surface area contributed by atoms with E-state index in [1.54, 1.807) is 19.1 Å². The number of carbonyl (C=O) groups is 2. The van der Waals surface area contributed by atoms with Crippen molar-refractivity contribution in [1.29, 1.82) is 0 Å². The van der Waals surface area contributed by atoms with E-state index < -0.39 is 6.10 Å². The summed E-state index contributed by atoms with van der Waals surface area (Å²) in [5.41, 5.74) is 0.303. The van der Waals surface area contributed by atoms with Crippen molar-refractivity contribution < 1.29 is 23.8 Å². The molecule has 2 rings (SSSR count). The zero-order valence-corrected chi connectivity index (χ0v) is 11.0. The summed E-state index contributed by atoms with van der Waals surface area (Å²) in [6.45, 7) is 5.56. The minimum absolute atomic E-state index is 0.104. The largest absolute Gasteiger partial charge is 0.480 e. The quantitative estimate of drug-likeness (QED) is 0.626. The lowest BCUT2D eigenvalue weighted by Gasteiger charge is -2.15. The summed E-state index contributed by atoms with van der Waals surface area (Å²) in [5, 5.41) is 2.62. The first kappa shape index (κ1) is 13.9. The average Bonchev–Trinajstić information content (AvgIpc) is 2.90. The van der Waals surface area contributed by atoms with Crippen LogP contribution >= 0.6 is 0 Å². The molecule has 106 valence electrons. The number of rotatable bonds is 6. The monoisotopic (exact) mass is 277 g/mol. The maximum Gasteiger partial charge on any atom is 0.261 e. The summed E-state index contributed by atoms with van der Waals surface area (Å²) in [6.07, 6.45) is 1.47. The summed E-state index contributed by atoms with van der Waals surface area (Å²) in [5.74, 6) is 0.970. The van der Waals surface area contributed by atoms with Crippen LogP contribution in [-0.4, -0.2) is 31.6 Å². The summed E-state index contributed by atoms with van der Waals surface area (Å²) in [4.78, 5) is 22.8. The Morgan fingerprint density at radius 2 is 2.20 bits per heavy atom. The molecular formula is C14H15NO5. The number of hydrogen-bond donors (Lipinski definition) is 1. The van der Waals surface area contributed by atoms with E-state index in [9.17, 15) is 9.59 Å². The van der Waals surface area contributed by atoms with Gasteiger partial charge in [-0.1, -0.05) is 6.08 Å². The molecule has 1 unspecified atom stereocenters. The predicted molar refractivity (Wildman–Crippen MR) is 71.2 cm³/mol. The number of nitrogens with one attached hydrogen (secondary N) is 1. The highest BCUT2D eigenvalue weighted by Crippen LogP contribution is 2.37. The Labute approximate surface area is 116 Å². The lowest BCUT2D eigenvalue weighted by molar-refractivity contribution is -0.127. The molecule has 0 aliphatic carbocycles. The predicted octanol–water partition coefficient (Wildman–Crippen LogP) is 1.30. The summed E-state index contributed by atoms with van der Waals surface area (Å²) >= 11 is 0. The number of benzene rings is 1. The molecule has 1 aliphatic rings. The maximum absolute atomic E-state index is 11.7. The number of amides is 1. The first-order chi connectivity index (χ1) is 9.65. The van der Waals surface area contributed by atoms with Crippen LogP contribution < -0.4 is 19.5 Å². The van der Waals surface area contributed by atoms with Crippen molar-refractivity contribution in [1.82, 2.24) is 5.32 Å². The van der Waals surface area contributed by atoms with Crippen LogP contribution in [0.5, 0.6) is 17.2 Å². The van der Waals surface area contributed by atoms with E-state index in [-0.39, 0.29) is 18.4 Å². The van der Waals surface area contributed by atoms with Gasteiger partial charge in [0.05, 0.1) is 5.56 Å². The van der Waals surface area contributed by atoms with Crippen LogP contribution in [0.15, 0.2) is 24.8 Å². The minimum atomic E-state index is -0.742. The zero-order chi connectivity index (χ0) is 14.5. The van der Waals surface area contributed by atoms with E-state index in [4.69, 9.17) is 14.2 Å². The molecule has 1 aliphatic heterocycles. The van der Waals surface area contributed by atoms with Crippen LogP contribution in [0.4, 0.5) is 0 Å². The molecule has 0 saturated heterocycles. The van der Waals surface area contributed by atoms with Crippen LogP contribution in [0.3, 0.4) is 0 Å². The number of ether oxygens (including phenoxy) is 3. The Morgan fingerprint density at radius 3 is 2.85 bits per heavy atom. The average molecular weight is 277 g/mol. The Kier molecular flexibility index (Phi) is 4.24. The zero-order valence-electron chi connectivity index (χ0n) is 11.0. The van der Waals surface area contributed by atoms with E-state index in [0.29, 0.717) is 29.9 Å². The SMILES string of the molecule is C=CCNC(=O)C(C)Oc1cc2c(cc1C=O)OCO2. The van der Waals surface area contributed by atoms with E-state index in [0.717, 1.165) is 0 Å². The molecule has 1 atom stereocenters. The number of aldehydes is 1. The Hall–Kier alpha value is -2.50. The van der Waals surface area contributed by atoms with Crippen molar-refractivity contribution in [3.05, 3.63) is 30.4 Å². The van der Waals surface area contributed by atoms with Crippen LogP contribution in [-0.2, 0) is 4.79 Å². The van der Waals surface area contributed by atoms with Crippen LogP contribution in [0.25, 0.3) is 0 Å². The molecule has 0 bridgehead atoms. The lowest BCUT2D eigenvalue weighted by Crippen LogP contribution is -2.36. The van der Waals surface area contributed by atoms with Gasteiger partial charge in [0.2, 0.25) is 6.79 Å². The van der Waals surface area contributed by atoms with Gasteiger partial charge in [-0.05, 0) is 13.0 Å². The van der Waals surface area contributed by atoms with Crippen molar-refractivity contribution >= 4 is 12.2 Å². The molecule has 20 heavy (non-hydrogen) atoms. The highest BCUT2D eigenvalue weighted by atomic mass is 16.7. The van der Waals surface area contributed by atoms with Gasteiger partial charge in [0.1, 0.15) is 5.75 Å². The third-order valence-electron chi connectivity index (χ3n) is 2.73. The first-order valence-electron chi connectivity index (χ1n) is 6.09. The van der Waals surface area contributed by atoms with Gasteiger partial charge >= 0.3 is 0 Å². The normalized spacial score (nSPS) is 13.4. The molecule has 1 heterocycles. The smallest absolute Gasteiger partial charge is 0.261 e. The second-order valence-corrected chi connectivity index (χ2v) is 4.16. The molecule has 6 nitrogen and oxygen atoms in total. The molecule has 6 heteroatoms. The van der Waals surface area contributed by atoms with E-state index in [2.05, 4.69) is 11.9 Å². The Balaban J connectivity index is 2.14. The molecule has 1 aromatic rings. The topological polar surface area (TPSA) is 73.9 Å². The van der Waals surface area contributed by atoms with Crippen molar-refractivity contribution in [2.75, 3.05) is 13.3 Å². The second-order valence-electron chi connectivity index (χ2n) is 4.16. The van der Waals surface area contributed by atoms with Crippen molar-refractivity contribution in [2.45, 2.75) is 13.0 Å². The molecule has 1 amide bonds. The number of carbonyl (C=O) groups excluding carboxylic acids is 2. The maximum atomic E-state index is 11.7. The van der Waals surface area contributed by atoms with Gasteiger partial charge in [-0.3, -0.25) is 9.59 Å². The highest BCUT2D eigenvalue weighted by Gasteiger charge is 2.21. The molecule has 0 spiro atoms. The highest BCUT2D eigenvalue weighted by molar-refractivity contribution is 5.83. The fourth-order valence-electron chi connectivity index (χ4n) is 1.69. The van der Waals surface area contributed by atoms with Crippen LogP contribution in [0, 0.1) is 0 Å². The van der Waals surface area contributed by atoms with Crippen LogP contribution in [0.2, 0.25) is 0 Å². The van der Waals surface area contributed by atoms with Gasteiger partial charge in [0.15, 0.2) is 23.9 Å². The molecule has 0 fully saturated rings. The second kappa shape index (κ2) is 6.10. The summed E-state index contributed by atoms with van der Waals surface area (Å²) < 4.78 is 15.9. The van der Waals surface area contributed by atoms with E-state index >= 15 is 0 Å². The Morgan fingerprint density at radius 1 is 1.50 bits per heavy atom. The van der Waals surface area contributed by atoms with Crippen molar-refractivity contribution in [2.24, 2.45) is 0 Å². The third-order valence-corrected chi connectivity index (χ3v) is 2.73. The first-order valence-corrected chi connectivity index (χ1v) is 6.09. The summed E-state index contributed by atoms with van der Waals surface area (Å²) in [7, 11) is 0. The molecule has 1 aromatic carbocycles. The third kappa shape index (κ3) is 2.90. The van der Waals surface area contributed by atoms with Gasteiger partial charge in [0, 0.05) is 12.6 Å². The van der Waals surface area contributed by atoms with E-state index in [1.165, 1.54) is 6.07 Å². The molecular weight excluding hydrogens is 262 g/mol. The lowest BCUT2D eigenvalue weighted by atomic mass is 10.2. The Bertz CT molecular complexity index is 541. The number of hydrogen-bond acceptors (Lipinski definition) is 5. The standard InChI is InChI=1S/C14H15NO5/c1-3-4-15-14(17)9(2)20-11-6-13-12(18-8-19-13)5-10(11)7-16/h3,5-7,9H,1,4,8H2,2H3,(H,15,17). The van der Waals surface area contributed by atoms with Gasteiger partial charge in [-0.25, -0.2) is 0 Å². The van der Waals surface area contributed by atoms with Gasteiger partial charge in [-0.15, -0.1) is 6.58 Å². The number of fused-ring (bicyclic) bond motifs is 1. The van der Waals surface area contributed by atoms with Crippen molar-refractivity contribution in [3.63, 3.8) is 0 Å². The molecule has 1 N–H and O–H groups in total. The van der Waals surface area contributed by atoms with E-state index in [1.807, 2.05) is 0 Å². The molecule has 0 radical (unpaired) electrons. The molecule has 0 saturated carbocycles.